The van der Waals surface area contributed by atoms with Crippen LogP contribution in [0.1, 0.15) is 33.6 Å². The molecule has 0 radical (unpaired) electrons. The van der Waals surface area contributed by atoms with E-state index in [2.05, 4.69) is 10.3 Å². The van der Waals surface area contributed by atoms with Crippen LogP contribution in [-0.2, 0) is 16.1 Å². The van der Waals surface area contributed by atoms with Gasteiger partial charge in [0.05, 0.1) is 18.2 Å². The monoisotopic (exact) mass is 334 g/mol. The van der Waals surface area contributed by atoms with E-state index in [0.29, 0.717) is 5.01 Å². The lowest BCUT2D eigenvalue weighted by Crippen LogP contribution is -2.30. The number of hydrogen-bond donors (Lipinski definition) is 2. The van der Waals surface area contributed by atoms with Gasteiger partial charge in [-0.25, -0.2) is 9.78 Å². The average molecular weight is 334 g/mol. The van der Waals surface area contributed by atoms with Crippen LogP contribution in [0, 0.1) is 13.8 Å². The van der Waals surface area contributed by atoms with E-state index in [9.17, 15) is 9.59 Å². The van der Waals surface area contributed by atoms with E-state index in [0.717, 1.165) is 16.1 Å². The number of amides is 1. The second kappa shape index (κ2) is 7.73. The van der Waals surface area contributed by atoms with Crippen LogP contribution in [-0.4, -0.2) is 22.2 Å². The Kier molecular flexibility index (Phi) is 5.70. The molecule has 0 bridgehead atoms. The molecule has 0 fully saturated rings. The molecule has 0 spiro atoms. The smallest absolute Gasteiger partial charge is 0.408 e. The molecule has 0 aliphatic carbocycles. The Balaban J connectivity index is 1.99. The van der Waals surface area contributed by atoms with Crippen molar-refractivity contribution in [3.63, 3.8) is 0 Å². The van der Waals surface area contributed by atoms with Crippen LogP contribution in [0.5, 0.6) is 0 Å². The highest BCUT2D eigenvalue weighted by atomic mass is 32.1. The normalized spacial score (nSPS) is 11.7. The van der Waals surface area contributed by atoms with E-state index in [4.69, 9.17) is 9.84 Å². The Morgan fingerprint density at radius 1 is 1.30 bits per heavy atom. The standard InChI is InChI=1S/C16H18N2O4S/c1-10-11(2)23-15(17-10)13(8-14(19)20)18-16(21)22-9-12-6-4-3-5-7-12/h3-7,13H,8-9H2,1-2H3,(H,18,21)(H,19,20). The van der Waals surface area contributed by atoms with Crippen LogP contribution < -0.4 is 5.32 Å². The molecule has 122 valence electrons. The van der Waals surface area contributed by atoms with Gasteiger partial charge < -0.3 is 15.2 Å². The number of thiazole rings is 1. The molecule has 0 aliphatic heterocycles. The minimum atomic E-state index is -1.01. The molecule has 2 N–H and O–H groups in total. The number of hydrogen-bond acceptors (Lipinski definition) is 5. The van der Waals surface area contributed by atoms with Crippen molar-refractivity contribution in [3.05, 3.63) is 51.5 Å². The van der Waals surface area contributed by atoms with Crippen molar-refractivity contribution in [2.75, 3.05) is 0 Å². The molecule has 7 heteroatoms. The lowest BCUT2D eigenvalue weighted by Gasteiger charge is -2.14. The maximum atomic E-state index is 11.9. The second-order valence-corrected chi connectivity index (χ2v) is 6.28. The van der Waals surface area contributed by atoms with Crippen molar-refractivity contribution in [1.82, 2.24) is 10.3 Å². The topological polar surface area (TPSA) is 88.5 Å². The number of rotatable bonds is 6. The Bertz CT molecular complexity index is 665. The molecule has 1 aromatic carbocycles. The summed E-state index contributed by atoms with van der Waals surface area (Å²) in [7, 11) is 0. The predicted octanol–water partition coefficient (Wildman–Crippen LogP) is 3.20. The van der Waals surface area contributed by atoms with Crippen LogP contribution >= 0.6 is 11.3 Å². The molecule has 0 saturated heterocycles. The number of aromatic nitrogens is 1. The van der Waals surface area contributed by atoms with E-state index in [-0.39, 0.29) is 13.0 Å². The van der Waals surface area contributed by atoms with Crippen LogP contribution in [0.2, 0.25) is 0 Å². The number of alkyl carbamates (subject to hydrolysis) is 1. The Morgan fingerprint density at radius 3 is 2.57 bits per heavy atom. The first-order chi connectivity index (χ1) is 11.0. The zero-order chi connectivity index (χ0) is 16.8. The number of aliphatic carboxylic acids is 1. The third kappa shape index (κ3) is 5.07. The van der Waals surface area contributed by atoms with Crippen LogP contribution in [0.3, 0.4) is 0 Å². The van der Waals surface area contributed by atoms with Crippen molar-refractivity contribution in [1.29, 1.82) is 0 Å². The molecular formula is C16H18N2O4S. The fourth-order valence-corrected chi connectivity index (χ4v) is 2.90. The molecule has 1 unspecified atom stereocenters. The molecule has 1 atom stereocenters. The zero-order valence-electron chi connectivity index (χ0n) is 12.9. The molecular weight excluding hydrogens is 316 g/mol. The van der Waals surface area contributed by atoms with Crippen LogP contribution in [0.4, 0.5) is 4.79 Å². The van der Waals surface area contributed by atoms with Gasteiger partial charge in [0, 0.05) is 4.88 Å². The van der Waals surface area contributed by atoms with E-state index >= 15 is 0 Å². The molecule has 1 aromatic heterocycles. The molecule has 1 heterocycles. The third-order valence-electron chi connectivity index (χ3n) is 3.23. The second-order valence-electron chi connectivity index (χ2n) is 5.05. The van der Waals surface area contributed by atoms with E-state index in [1.807, 2.05) is 44.2 Å². The first-order valence-electron chi connectivity index (χ1n) is 7.08. The average Bonchev–Trinajstić information content (AvgIpc) is 2.85. The van der Waals surface area contributed by atoms with Gasteiger partial charge >= 0.3 is 12.1 Å². The molecule has 2 aromatic rings. The van der Waals surface area contributed by atoms with Gasteiger partial charge in [-0.1, -0.05) is 30.3 Å². The van der Waals surface area contributed by atoms with Crippen molar-refractivity contribution >= 4 is 23.4 Å². The number of ether oxygens (including phenoxy) is 1. The fourth-order valence-electron chi connectivity index (χ4n) is 1.93. The SMILES string of the molecule is Cc1nc(C(CC(=O)O)NC(=O)OCc2ccccc2)sc1C. The first kappa shape index (κ1) is 17.0. The maximum Gasteiger partial charge on any atom is 0.408 e. The summed E-state index contributed by atoms with van der Waals surface area (Å²) in [6, 6.07) is 8.56. The van der Waals surface area contributed by atoms with Crippen molar-refractivity contribution in [2.24, 2.45) is 0 Å². The quantitative estimate of drug-likeness (QED) is 0.847. The lowest BCUT2D eigenvalue weighted by atomic mass is 10.2. The summed E-state index contributed by atoms with van der Waals surface area (Å²) in [4.78, 5) is 28.3. The number of carbonyl (C=O) groups is 2. The highest BCUT2D eigenvalue weighted by molar-refractivity contribution is 7.11. The first-order valence-corrected chi connectivity index (χ1v) is 7.90. The predicted molar refractivity (Wildman–Crippen MR) is 86.3 cm³/mol. The zero-order valence-corrected chi connectivity index (χ0v) is 13.7. The van der Waals surface area contributed by atoms with Crippen molar-refractivity contribution < 1.29 is 19.4 Å². The summed E-state index contributed by atoms with van der Waals surface area (Å²) in [5, 5.41) is 12.2. The summed E-state index contributed by atoms with van der Waals surface area (Å²) >= 11 is 1.38. The van der Waals surface area contributed by atoms with Crippen LogP contribution in [0.15, 0.2) is 30.3 Å². The van der Waals surface area contributed by atoms with Gasteiger partial charge in [0.2, 0.25) is 0 Å². The van der Waals surface area contributed by atoms with Crippen molar-refractivity contribution in [3.8, 4) is 0 Å². The largest absolute Gasteiger partial charge is 0.481 e. The van der Waals surface area contributed by atoms with Gasteiger partial charge in [-0.2, -0.15) is 0 Å². The summed E-state index contributed by atoms with van der Waals surface area (Å²) in [5.74, 6) is -1.01. The van der Waals surface area contributed by atoms with Crippen molar-refractivity contribution in [2.45, 2.75) is 32.9 Å². The number of nitrogens with one attached hydrogen (secondary N) is 1. The highest BCUT2D eigenvalue weighted by Crippen LogP contribution is 2.25. The van der Waals surface area contributed by atoms with Crippen LogP contribution in [0.25, 0.3) is 0 Å². The number of carboxylic acids is 1. The van der Waals surface area contributed by atoms with Gasteiger partial charge in [0.1, 0.15) is 11.6 Å². The molecule has 0 saturated carbocycles. The lowest BCUT2D eigenvalue weighted by molar-refractivity contribution is -0.137. The molecule has 1 amide bonds. The molecule has 6 nitrogen and oxygen atoms in total. The Morgan fingerprint density at radius 2 is 2.00 bits per heavy atom. The Hall–Kier alpha value is -2.41. The van der Waals surface area contributed by atoms with E-state index in [1.54, 1.807) is 0 Å². The number of carbonyl (C=O) groups excluding carboxylic acids is 1. The fraction of sp³-hybridized carbons (Fsp3) is 0.312. The summed E-state index contributed by atoms with van der Waals surface area (Å²) < 4.78 is 5.13. The van der Waals surface area contributed by atoms with E-state index < -0.39 is 18.1 Å². The Labute approximate surface area is 138 Å². The van der Waals surface area contributed by atoms with Gasteiger partial charge in [-0.15, -0.1) is 11.3 Å². The number of benzene rings is 1. The summed E-state index contributed by atoms with van der Waals surface area (Å²) in [5.41, 5.74) is 1.69. The molecule has 0 aliphatic rings. The molecule has 23 heavy (non-hydrogen) atoms. The molecule has 2 rings (SSSR count). The summed E-state index contributed by atoms with van der Waals surface area (Å²) in [6.07, 6.45) is -0.905. The minimum absolute atomic E-state index is 0.127. The third-order valence-corrected chi connectivity index (χ3v) is 4.41. The maximum absolute atomic E-state index is 11.9. The van der Waals surface area contributed by atoms with Gasteiger partial charge in [0.25, 0.3) is 0 Å². The number of carboxylic acid groups (broad SMARTS) is 1. The highest BCUT2D eigenvalue weighted by Gasteiger charge is 2.22. The van der Waals surface area contributed by atoms with E-state index in [1.165, 1.54) is 11.3 Å². The van der Waals surface area contributed by atoms with Gasteiger partial charge in [0.15, 0.2) is 0 Å². The van der Waals surface area contributed by atoms with Gasteiger partial charge in [-0.3, -0.25) is 4.79 Å². The number of nitrogens with zero attached hydrogens (tertiary/aromatic N) is 1. The number of aryl methyl sites for hydroxylation is 2. The minimum Gasteiger partial charge on any atom is -0.481 e. The summed E-state index contributed by atoms with van der Waals surface area (Å²) in [6.45, 7) is 3.88. The van der Waals surface area contributed by atoms with Gasteiger partial charge in [-0.05, 0) is 19.4 Å².